The minimum atomic E-state index is 0.851. The van der Waals surface area contributed by atoms with Crippen LogP contribution < -0.4 is 4.74 Å². The highest BCUT2D eigenvalue weighted by Gasteiger charge is 1.98. The summed E-state index contributed by atoms with van der Waals surface area (Å²) in [5, 5.41) is 0. The summed E-state index contributed by atoms with van der Waals surface area (Å²) < 4.78 is 5.79. The second-order valence-corrected chi connectivity index (χ2v) is 4.38. The molecule has 0 aliphatic rings. The average Bonchev–Trinajstić information content (AvgIpc) is 2.44. The molecule has 2 aromatic carbocycles. The summed E-state index contributed by atoms with van der Waals surface area (Å²) in [6.07, 6.45) is 5.56. The van der Waals surface area contributed by atoms with Crippen molar-refractivity contribution in [2.24, 2.45) is 0 Å². The van der Waals surface area contributed by atoms with Crippen molar-refractivity contribution in [1.82, 2.24) is 0 Å². The van der Waals surface area contributed by atoms with Gasteiger partial charge in [-0.15, -0.1) is 13.2 Å². The van der Waals surface area contributed by atoms with Crippen molar-refractivity contribution in [2.45, 2.75) is 12.8 Å². The van der Waals surface area contributed by atoms with E-state index < -0.39 is 0 Å². The lowest BCUT2D eigenvalue weighted by molar-refractivity contribution is 0.482. The lowest BCUT2D eigenvalue weighted by Gasteiger charge is -2.07. The molecule has 0 N–H and O–H groups in total. The van der Waals surface area contributed by atoms with Crippen molar-refractivity contribution in [3.63, 3.8) is 0 Å². The van der Waals surface area contributed by atoms with E-state index in [2.05, 4.69) is 37.4 Å². The van der Waals surface area contributed by atoms with E-state index >= 15 is 0 Å². The summed E-state index contributed by atoms with van der Waals surface area (Å²) in [6.45, 7) is 7.46. The molecular formula is C18H18O. The Morgan fingerprint density at radius 2 is 1.05 bits per heavy atom. The number of hydrogen-bond acceptors (Lipinski definition) is 1. The fourth-order valence-corrected chi connectivity index (χ4v) is 1.86. The van der Waals surface area contributed by atoms with E-state index in [9.17, 15) is 0 Å². The fraction of sp³-hybridized carbons (Fsp3) is 0.111. The highest BCUT2D eigenvalue weighted by atomic mass is 16.5. The average molecular weight is 250 g/mol. The van der Waals surface area contributed by atoms with E-state index in [1.165, 1.54) is 11.1 Å². The van der Waals surface area contributed by atoms with Gasteiger partial charge in [-0.1, -0.05) is 36.4 Å². The molecule has 96 valence electrons. The quantitative estimate of drug-likeness (QED) is 0.660. The van der Waals surface area contributed by atoms with Crippen LogP contribution >= 0.6 is 0 Å². The van der Waals surface area contributed by atoms with Gasteiger partial charge in [0.25, 0.3) is 0 Å². The zero-order valence-corrected chi connectivity index (χ0v) is 11.0. The van der Waals surface area contributed by atoms with E-state index in [0.717, 1.165) is 24.3 Å². The Kier molecular flexibility index (Phi) is 4.57. The highest BCUT2D eigenvalue weighted by Crippen LogP contribution is 2.22. The van der Waals surface area contributed by atoms with Gasteiger partial charge in [0.15, 0.2) is 0 Å². The van der Waals surface area contributed by atoms with Crippen molar-refractivity contribution in [3.05, 3.63) is 85.0 Å². The summed E-state index contributed by atoms with van der Waals surface area (Å²) in [4.78, 5) is 0. The third-order valence-corrected chi connectivity index (χ3v) is 2.84. The van der Waals surface area contributed by atoms with Gasteiger partial charge < -0.3 is 4.74 Å². The van der Waals surface area contributed by atoms with Gasteiger partial charge in [-0.25, -0.2) is 0 Å². The van der Waals surface area contributed by atoms with E-state index in [-0.39, 0.29) is 0 Å². The number of benzene rings is 2. The second kappa shape index (κ2) is 6.60. The Morgan fingerprint density at radius 1 is 0.684 bits per heavy atom. The molecule has 1 nitrogen and oxygen atoms in total. The second-order valence-electron chi connectivity index (χ2n) is 4.38. The number of hydrogen-bond donors (Lipinski definition) is 0. The summed E-state index contributed by atoms with van der Waals surface area (Å²) in [6, 6.07) is 16.2. The maximum Gasteiger partial charge on any atom is 0.127 e. The summed E-state index contributed by atoms with van der Waals surface area (Å²) >= 11 is 0. The summed E-state index contributed by atoms with van der Waals surface area (Å²) in [5.74, 6) is 1.70. The zero-order chi connectivity index (χ0) is 13.5. The molecule has 0 heterocycles. The molecule has 0 aliphatic carbocycles. The van der Waals surface area contributed by atoms with Gasteiger partial charge in [-0.2, -0.15) is 0 Å². The van der Waals surface area contributed by atoms with Gasteiger partial charge in [-0.3, -0.25) is 0 Å². The minimum Gasteiger partial charge on any atom is -0.457 e. The van der Waals surface area contributed by atoms with Gasteiger partial charge in [0.05, 0.1) is 0 Å². The zero-order valence-electron chi connectivity index (χ0n) is 11.0. The monoisotopic (exact) mass is 250 g/mol. The smallest absolute Gasteiger partial charge is 0.127 e. The molecular weight excluding hydrogens is 232 g/mol. The van der Waals surface area contributed by atoms with Crippen LogP contribution in [-0.2, 0) is 12.8 Å². The van der Waals surface area contributed by atoms with Crippen LogP contribution in [0.5, 0.6) is 11.5 Å². The first-order chi connectivity index (χ1) is 9.31. The highest BCUT2D eigenvalue weighted by molar-refractivity contribution is 5.35. The third-order valence-electron chi connectivity index (χ3n) is 2.84. The van der Waals surface area contributed by atoms with Gasteiger partial charge in [-0.05, 0) is 48.2 Å². The normalized spacial score (nSPS) is 9.89. The van der Waals surface area contributed by atoms with Crippen LogP contribution in [-0.4, -0.2) is 0 Å². The molecule has 0 radical (unpaired) electrons. The molecule has 0 aromatic heterocycles. The molecule has 0 aliphatic heterocycles. The van der Waals surface area contributed by atoms with Crippen LogP contribution in [0.2, 0.25) is 0 Å². The first-order valence-corrected chi connectivity index (χ1v) is 6.39. The molecule has 0 saturated carbocycles. The molecule has 19 heavy (non-hydrogen) atoms. The van der Waals surface area contributed by atoms with Crippen LogP contribution in [0.3, 0.4) is 0 Å². The molecule has 0 amide bonds. The summed E-state index contributed by atoms with van der Waals surface area (Å²) in [7, 11) is 0. The van der Waals surface area contributed by atoms with Crippen LogP contribution in [0.15, 0.2) is 73.8 Å². The topological polar surface area (TPSA) is 9.23 Å². The Labute approximate surface area is 114 Å². The fourth-order valence-electron chi connectivity index (χ4n) is 1.86. The van der Waals surface area contributed by atoms with Crippen molar-refractivity contribution in [2.75, 3.05) is 0 Å². The molecule has 0 fully saturated rings. The van der Waals surface area contributed by atoms with Crippen LogP contribution in [0.4, 0.5) is 0 Å². The van der Waals surface area contributed by atoms with Crippen LogP contribution in [0.1, 0.15) is 11.1 Å². The molecule has 1 heteroatoms. The number of rotatable bonds is 6. The first-order valence-electron chi connectivity index (χ1n) is 6.39. The van der Waals surface area contributed by atoms with E-state index in [0.29, 0.717) is 0 Å². The predicted octanol–water partition coefficient (Wildman–Crippen LogP) is 4.94. The molecule has 0 unspecified atom stereocenters. The molecule has 2 aromatic rings. The Balaban J connectivity index is 2.03. The number of ether oxygens (including phenoxy) is 1. The molecule has 0 spiro atoms. The van der Waals surface area contributed by atoms with Gasteiger partial charge in [0.2, 0.25) is 0 Å². The maximum atomic E-state index is 5.79. The van der Waals surface area contributed by atoms with E-state index in [1.54, 1.807) is 0 Å². The van der Waals surface area contributed by atoms with Crippen molar-refractivity contribution in [3.8, 4) is 11.5 Å². The van der Waals surface area contributed by atoms with Crippen molar-refractivity contribution >= 4 is 0 Å². The Morgan fingerprint density at radius 3 is 1.37 bits per heavy atom. The van der Waals surface area contributed by atoms with Crippen LogP contribution in [0, 0.1) is 0 Å². The molecule has 2 rings (SSSR count). The molecule has 0 atom stereocenters. The summed E-state index contributed by atoms with van der Waals surface area (Å²) in [5.41, 5.74) is 2.48. The van der Waals surface area contributed by atoms with Crippen molar-refractivity contribution < 1.29 is 4.74 Å². The Bertz CT molecular complexity index is 483. The van der Waals surface area contributed by atoms with Gasteiger partial charge in [0.1, 0.15) is 11.5 Å². The van der Waals surface area contributed by atoms with Crippen molar-refractivity contribution in [1.29, 1.82) is 0 Å². The lowest BCUT2D eigenvalue weighted by atomic mass is 10.1. The Hall–Kier alpha value is -2.28. The maximum absolute atomic E-state index is 5.79. The first kappa shape index (κ1) is 13.2. The van der Waals surface area contributed by atoms with Gasteiger partial charge >= 0.3 is 0 Å². The molecule has 0 saturated heterocycles. The lowest BCUT2D eigenvalue weighted by Crippen LogP contribution is -1.87. The molecule has 0 bridgehead atoms. The van der Waals surface area contributed by atoms with Gasteiger partial charge in [0, 0.05) is 0 Å². The third kappa shape index (κ3) is 3.85. The standard InChI is InChI=1S/C18H18O/c1-3-5-15-7-11-17(12-8-15)19-18-13-9-16(6-4-2)10-14-18/h3-4,7-14H,1-2,5-6H2. The minimum absolute atomic E-state index is 0.851. The predicted molar refractivity (Wildman–Crippen MR) is 80.8 cm³/mol. The van der Waals surface area contributed by atoms with E-state index in [4.69, 9.17) is 4.74 Å². The SMILES string of the molecule is C=CCc1ccc(Oc2ccc(CC=C)cc2)cc1. The largest absolute Gasteiger partial charge is 0.457 e. The number of allylic oxidation sites excluding steroid dienone is 2. The van der Waals surface area contributed by atoms with E-state index in [1.807, 2.05) is 36.4 Å². The van der Waals surface area contributed by atoms with Crippen LogP contribution in [0.25, 0.3) is 0 Å².